The molecule has 1 aromatic heterocycles. The minimum absolute atomic E-state index is 0.304. The van der Waals surface area contributed by atoms with Crippen molar-refractivity contribution in [1.82, 2.24) is 4.98 Å². The Kier molecular flexibility index (Phi) is 3.70. The van der Waals surface area contributed by atoms with Crippen molar-refractivity contribution in [2.24, 2.45) is 0 Å². The number of esters is 1. The lowest BCUT2D eigenvalue weighted by Gasteiger charge is -2.04. The molecule has 0 saturated carbocycles. The molecule has 1 heterocycles. The van der Waals surface area contributed by atoms with Crippen molar-refractivity contribution in [2.75, 3.05) is 7.11 Å². The van der Waals surface area contributed by atoms with E-state index in [0.29, 0.717) is 5.69 Å². The van der Waals surface area contributed by atoms with E-state index in [4.69, 9.17) is 4.74 Å². The van der Waals surface area contributed by atoms with Crippen LogP contribution in [0.1, 0.15) is 16.1 Å². The summed E-state index contributed by atoms with van der Waals surface area (Å²) < 4.78 is 18.5. The number of carbonyl (C=O) groups excluding carboxylic acids is 1. The number of methoxy groups -OCH3 is 1. The van der Waals surface area contributed by atoms with Crippen LogP contribution in [0, 0.1) is 16.4 Å². The molecule has 0 aliphatic carbocycles. The lowest BCUT2D eigenvalue weighted by Crippen LogP contribution is -2.03. The summed E-state index contributed by atoms with van der Waals surface area (Å²) >= 11 is 2.12. The van der Waals surface area contributed by atoms with Gasteiger partial charge in [-0.1, -0.05) is 12.1 Å². The molecular formula is C13H11FINO2. The van der Waals surface area contributed by atoms with E-state index in [9.17, 15) is 9.18 Å². The highest BCUT2D eigenvalue weighted by atomic mass is 127. The summed E-state index contributed by atoms with van der Waals surface area (Å²) in [4.78, 5) is 14.7. The molecule has 0 radical (unpaired) electrons. The third-order valence-corrected chi connectivity index (χ3v) is 3.79. The van der Waals surface area contributed by atoms with Gasteiger partial charge in [-0.2, -0.15) is 0 Å². The molecule has 0 aliphatic heterocycles. The standard InChI is InChI=1S/C13H11FINO2/c1-7-10(8-3-5-9(14)6-4-8)11(13(17)18-2)16-12(7)15/h3-6,16H,1-2H3. The van der Waals surface area contributed by atoms with Gasteiger partial charge in [0.1, 0.15) is 11.5 Å². The van der Waals surface area contributed by atoms with Gasteiger partial charge < -0.3 is 9.72 Å². The number of carbonyl (C=O) groups is 1. The number of benzene rings is 1. The maximum Gasteiger partial charge on any atom is 0.355 e. The van der Waals surface area contributed by atoms with Gasteiger partial charge in [-0.05, 0) is 52.8 Å². The molecule has 0 atom stereocenters. The monoisotopic (exact) mass is 359 g/mol. The molecule has 0 saturated heterocycles. The SMILES string of the molecule is COC(=O)c1[nH]c(I)c(C)c1-c1ccc(F)cc1. The molecule has 2 rings (SSSR count). The van der Waals surface area contributed by atoms with Crippen LogP contribution in [0.5, 0.6) is 0 Å². The number of ether oxygens (including phenoxy) is 1. The minimum Gasteiger partial charge on any atom is -0.464 e. The molecule has 0 fully saturated rings. The fraction of sp³-hybridized carbons (Fsp3) is 0.154. The minimum atomic E-state index is -0.430. The van der Waals surface area contributed by atoms with Gasteiger partial charge >= 0.3 is 5.97 Å². The molecule has 0 amide bonds. The van der Waals surface area contributed by atoms with E-state index in [-0.39, 0.29) is 5.82 Å². The first-order valence-corrected chi connectivity index (χ1v) is 6.34. The third-order valence-electron chi connectivity index (χ3n) is 2.71. The normalized spacial score (nSPS) is 10.4. The first-order chi connectivity index (χ1) is 8.54. The molecule has 2 aromatic rings. The van der Waals surface area contributed by atoms with Crippen molar-refractivity contribution in [1.29, 1.82) is 0 Å². The van der Waals surface area contributed by atoms with Gasteiger partial charge in [0, 0.05) is 5.56 Å². The quantitative estimate of drug-likeness (QED) is 0.659. The Balaban J connectivity index is 2.62. The van der Waals surface area contributed by atoms with Crippen LogP contribution < -0.4 is 0 Å². The number of aromatic amines is 1. The zero-order chi connectivity index (χ0) is 13.3. The van der Waals surface area contributed by atoms with E-state index in [0.717, 1.165) is 20.4 Å². The van der Waals surface area contributed by atoms with Gasteiger partial charge in [0.25, 0.3) is 0 Å². The van der Waals surface area contributed by atoms with Gasteiger partial charge in [0.05, 0.1) is 10.8 Å². The predicted molar refractivity (Wildman–Crippen MR) is 75.0 cm³/mol. The maximum atomic E-state index is 12.9. The number of rotatable bonds is 2. The Bertz CT molecular complexity index is 590. The average Bonchev–Trinajstić information content (AvgIpc) is 2.66. The van der Waals surface area contributed by atoms with Crippen molar-refractivity contribution in [3.05, 3.63) is 45.0 Å². The second-order valence-corrected chi connectivity index (χ2v) is 4.89. The van der Waals surface area contributed by atoms with Gasteiger partial charge in [-0.15, -0.1) is 0 Å². The van der Waals surface area contributed by atoms with E-state index in [2.05, 4.69) is 27.6 Å². The topological polar surface area (TPSA) is 42.1 Å². The molecular weight excluding hydrogens is 348 g/mol. The van der Waals surface area contributed by atoms with E-state index >= 15 is 0 Å². The van der Waals surface area contributed by atoms with Crippen LogP contribution in [0.4, 0.5) is 4.39 Å². The second kappa shape index (κ2) is 5.09. The zero-order valence-corrected chi connectivity index (χ0v) is 12.0. The van der Waals surface area contributed by atoms with Gasteiger partial charge in [0.2, 0.25) is 0 Å². The number of aromatic nitrogens is 1. The summed E-state index contributed by atoms with van der Waals surface area (Å²) in [7, 11) is 1.33. The Labute approximate surface area is 117 Å². The molecule has 5 heteroatoms. The first-order valence-electron chi connectivity index (χ1n) is 5.27. The lowest BCUT2D eigenvalue weighted by atomic mass is 10.0. The highest BCUT2D eigenvalue weighted by molar-refractivity contribution is 14.1. The number of H-pyrrole nitrogens is 1. The van der Waals surface area contributed by atoms with Crippen LogP contribution >= 0.6 is 22.6 Å². The van der Waals surface area contributed by atoms with Crippen molar-refractivity contribution in [3.8, 4) is 11.1 Å². The van der Waals surface area contributed by atoms with E-state index in [1.165, 1.54) is 19.2 Å². The van der Waals surface area contributed by atoms with E-state index in [1.807, 2.05) is 6.92 Å². The van der Waals surface area contributed by atoms with Crippen molar-refractivity contribution >= 4 is 28.6 Å². The Morgan fingerprint density at radius 1 is 1.33 bits per heavy atom. The van der Waals surface area contributed by atoms with Gasteiger partial charge in [-0.3, -0.25) is 0 Å². The highest BCUT2D eigenvalue weighted by Crippen LogP contribution is 2.31. The average molecular weight is 359 g/mol. The fourth-order valence-electron chi connectivity index (χ4n) is 1.80. The third kappa shape index (κ3) is 2.27. The summed E-state index contributed by atoms with van der Waals surface area (Å²) in [6, 6.07) is 6.04. The summed E-state index contributed by atoms with van der Waals surface area (Å²) in [6.07, 6.45) is 0. The maximum absolute atomic E-state index is 12.9. The van der Waals surface area contributed by atoms with Gasteiger partial charge in [-0.25, -0.2) is 9.18 Å². The smallest absolute Gasteiger partial charge is 0.355 e. The number of hydrogen-bond donors (Lipinski definition) is 1. The molecule has 0 aliphatic rings. The Morgan fingerprint density at radius 3 is 2.50 bits per heavy atom. The Morgan fingerprint density at radius 2 is 1.94 bits per heavy atom. The fourth-order valence-corrected chi connectivity index (χ4v) is 2.34. The molecule has 3 nitrogen and oxygen atoms in total. The van der Waals surface area contributed by atoms with Crippen LogP contribution in [-0.2, 0) is 4.74 Å². The summed E-state index contributed by atoms with van der Waals surface area (Å²) in [6.45, 7) is 1.91. The van der Waals surface area contributed by atoms with Crippen molar-refractivity contribution in [3.63, 3.8) is 0 Å². The zero-order valence-electron chi connectivity index (χ0n) is 9.88. The first kappa shape index (κ1) is 13.1. The molecule has 1 N–H and O–H groups in total. The Hall–Kier alpha value is -1.37. The largest absolute Gasteiger partial charge is 0.464 e. The second-order valence-electron chi connectivity index (χ2n) is 3.81. The van der Waals surface area contributed by atoms with Crippen LogP contribution in [0.3, 0.4) is 0 Å². The van der Waals surface area contributed by atoms with Crippen molar-refractivity contribution < 1.29 is 13.9 Å². The molecule has 0 spiro atoms. The molecule has 94 valence electrons. The summed E-state index contributed by atoms with van der Waals surface area (Å²) in [5.74, 6) is -0.735. The van der Waals surface area contributed by atoms with Crippen LogP contribution in [0.15, 0.2) is 24.3 Å². The van der Waals surface area contributed by atoms with Crippen LogP contribution in [0.25, 0.3) is 11.1 Å². The van der Waals surface area contributed by atoms with E-state index in [1.54, 1.807) is 12.1 Å². The lowest BCUT2D eigenvalue weighted by molar-refractivity contribution is 0.0595. The molecule has 0 bridgehead atoms. The highest BCUT2D eigenvalue weighted by Gasteiger charge is 2.20. The summed E-state index contributed by atoms with van der Waals surface area (Å²) in [5.41, 5.74) is 2.88. The number of halogens is 2. The summed E-state index contributed by atoms with van der Waals surface area (Å²) in [5, 5.41) is 0. The molecule has 0 unspecified atom stereocenters. The number of hydrogen-bond acceptors (Lipinski definition) is 2. The number of nitrogens with one attached hydrogen (secondary N) is 1. The molecule has 1 aromatic carbocycles. The van der Waals surface area contributed by atoms with Crippen LogP contribution in [-0.4, -0.2) is 18.1 Å². The van der Waals surface area contributed by atoms with Crippen molar-refractivity contribution in [2.45, 2.75) is 6.92 Å². The van der Waals surface area contributed by atoms with E-state index < -0.39 is 5.97 Å². The molecule has 18 heavy (non-hydrogen) atoms. The van der Waals surface area contributed by atoms with Gasteiger partial charge in [0.15, 0.2) is 0 Å². The van der Waals surface area contributed by atoms with Crippen LogP contribution in [0.2, 0.25) is 0 Å². The predicted octanol–water partition coefficient (Wildman–Crippen LogP) is 3.52.